The lowest BCUT2D eigenvalue weighted by molar-refractivity contribution is -0.143. The lowest BCUT2D eigenvalue weighted by Gasteiger charge is -2.38. The number of rotatable bonds is 11. The summed E-state index contributed by atoms with van der Waals surface area (Å²) in [7, 11) is 3.33. The summed E-state index contributed by atoms with van der Waals surface area (Å²) in [6.07, 6.45) is 6.54. The molecule has 0 bridgehead atoms. The third-order valence-corrected chi connectivity index (χ3v) is 7.16. The second-order valence-electron chi connectivity index (χ2n) is 11.2. The number of likely N-dealkylation sites (tertiary alicyclic amines) is 1. The first-order valence-electron chi connectivity index (χ1n) is 14.5. The molecule has 0 spiro atoms. The number of likely N-dealkylation sites (N-methyl/N-ethyl adjacent to an activating group) is 1. The van der Waals surface area contributed by atoms with Crippen LogP contribution < -0.4 is 11.1 Å². The molecule has 0 aromatic rings. The molecule has 3 amide bonds. The largest absolute Gasteiger partial charge is 0.379 e. The molecule has 8 nitrogen and oxygen atoms in total. The minimum absolute atomic E-state index is 0.0873. The van der Waals surface area contributed by atoms with Gasteiger partial charge in [0.2, 0.25) is 17.7 Å². The summed E-state index contributed by atoms with van der Waals surface area (Å²) < 4.78 is 5.77. The Morgan fingerprint density at radius 2 is 1.62 bits per heavy atom. The summed E-state index contributed by atoms with van der Waals surface area (Å²) in [5.74, 6) is 0.152. The quantitative estimate of drug-likeness (QED) is 0.416. The molecule has 2 fully saturated rings. The average molecular weight is 527 g/mol. The molecule has 0 aromatic heterocycles. The number of carbonyl (C=O) groups excluding carboxylic acids is 3. The molecule has 1 saturated heterocycles. The van der Waals surface area contributed by atoms with Crippen molar-refractivity contribution >= 4 is 17.7 Å². The fourth-order valence-corrected chi connectivity index (χ4v) is 4.65. The SMILES string of the molecule is CCC.CCC.CCC(C)C(C(CC(=O)N1CCCC1C(C)C)OC)N(C)C(=O)CNC(=O)C1(N)CC1. The van der Waals surface area contributed by atoms with Crippen LogP contribution >= 0.6 is 0 Å². The highest BCUT2D eigenvalue weighted by molar-refractivity contribution is 5.92. The molecule has 2 rings (SSSR count). The predicted octanol–water partition coefficient (Wildman–Crippen LogP) is 4.35. The number of nitrogens with zero attached hydrogens (tertiary/aromatic N) is 2. The van der Waals surface area contributed by atoms with Gasteiger partial charge in [-0.05, 0) is 37.5 Å². The van der Waals surface area contributed by atoms with Crippen LogP contribution in [0, 0.1) is 11.8 Å². The van der Waals surface area contributed by atoms with Crippen molar-refractivity contribution in [3.8, 4) is 0 Å². The maximum absolute atomic E-state index is 13.1. The summed E-state index contributed by atoms with van der Waals surface area (Å²) in [6.45, 7) is 17.6. The number of ether oxygens (including phenoxy) is 1. The van der Waals surface area contributed by atoms with Crippen molar-refractivity contribution in [3.63, 3.8) is 0 Å². The van der Waals surface area contributed by atoms with Crippen LogP contribution in [0.2, 0.25) is 0 Å². The van der Waals surface area contributed by atoms with Crippen molar-refractivity contribution in [2.45, 2.75) is 130 Å². The summed E-state index contributed by atoms with van der Waals surface area (Å²) in [5, 5.41) is 2.67. The monoisotopic (exact) mass is 526 g/mol. The van der Waals surface area contributed by atoms with Gasteiger partial charge in [0.15, 0.2) is 0 Å². The minimum atomic E-state index is -0.806. The summed E-state index contributed by atoms with van der Waals surface area (Å²) in [6, 6.07) is 0.00357. The number of nitrogens with two attached hydrogens (primary N) is 1. The van der Waals surface area contributed by atoms with E-state index in [0.717, 1.165) is 25.8 Å². The van der Waals surface area contributed by atoms with Crippen LogP contribution in [0.1, 0.15) is 107 Å². The van der Waals surface area contributed by atoms with Gasteiger partial charge in [-0.1, -0.05) is 74.7 Å². The Balaban J connectivity index is 0.00000196. The van der Waals surface area contributed by atoms with Gasteiger partial charge >= 0.3 is 0 Å². The van der Waals surface area contributed by atoms with E-state index < -0.39 is 11.6 Å². The molecule has 0 radical (unpaired) electrons. The number of methoxy groups -OCH3 is 1. The Morgan fingerprint density at radius 3 is 2.05 bits per heavy atom. The van der Waals surface area contributed by atoms with Crippen molar-refractivity contribution in [2.75, 3.05) is 27.2 Å². The highest BCUT2D eigenvalue weighted by atomic mass is 16.5. The van der Waals surface area contributed by atoms with E-state index in [1.807, 2.05) is 4.90 Å². The molecule has 8 heteroatoms. The van der Waals surface area contributed by atoms with E-state index in [1.54, 1.807) is 19.1 Å². The van der Waals surface area contributed by atoms with E-state index in [9.17, 15) is 14.4 Å². The van der Waals surface area contributed by atoms with Crippen molar-refractivity contribution < 1.29 is 19.1 Å². The maximum atomic E-state index is 13.1. The lowest BCUT2D eigenvalue weighted by atomic mass is 9.90. The molecule has 1 heterocycles. The molecule has 1 saturated carbocycles. The molecule has 218 valence electrons. The standard InChI is InChI=1S/C23H42N4O4.2C3H8/c1-7-16(4)21(26(5)20(29)14-25-22(30)23(24)10-11-23)18(31-6)13-19(28)27-12-8-9-17(27)15(2)3;2*1-3-2/h15-18,21H,7-14,24H2,1-6H3,(H,25,30);2*3H2,1-2H3. The smallest absolute Gasteiger partial charge is 0.242 e. The molecule has 3 N–H and O–H groups in total. The van der Waals surface area contributed by atoms with Gasteiger partial charge in [0.1, 0.15) is 0 Å². The van der Waals surface area contributed by atoms with Crippen LogP contribution in [0.5, 0.6) is 0 Å². The van der Waals surface area contributed by atoms with E-state index >= 15 is 0 Å². The first-order valence-corrected chi connectivity index (χ1v) is 14.5. The third-order valence-electron chi connectivity index (χ3n) is 7.16. The van der Waals surface area contributed by atoms with E-state index in [1.165, 1.54) is 12.8 Å². The third kappa shape index (κ3) is 11.3. The van der Waals surface area contributed by atoms with Gasteiger partial charge in [0.05, 0.1) is 30.7 Å². The number of amides is 3. The minimum Gasteiger partial charge on any atom is -0.379 e. The number of nitrogens with one attached hydrogen (secondary N) is 1. The molecular formula is C29H58N4O4. The summed E-state index contributed by atoms with van der Waals surface area (Å²) in [4.78, 5) is 41.7. The maximum Gasteiger partial charge on any atom is 0.242 e. The Hall–Kier alpha value is -1.67. The molecule has 0 aromatic carbocycles. The zero-order valence-corrected chi connectivity index (χ0v) is 25.6. The number of carbonyl (C=O) groups is 3. The summed E-state index contributed by atoms with van der Waals surface area (Å²) in [5.41, 5.74) is 5.09. The van der Waals surface area contributed by atoms with E-state index in [-0.39, 0.29) is 48.7 Å². The Kier molecular flexibility index (Phi) is 17.0. The molecule has 1 aliphatic heterocycles. The molecule has 4 unspecified atom stereocenters. The van der Waals surface area contributed by atoms with Crippen molar-refractivity contribution in [1.82, 2.24) is 15.1 Å². The van der Waals surface area contributed by atoms with Gasteiger partial charge < -0.3 is 25.6 Å². The fourth-order valence-electron chi connectivity index (χ4n) is 4.65. The molecule has 37 heavy (non-hydrogen) atoms. The molecule has 2 aliphatic rings. The molecular weight excluding hydrogens is 468 g/mol. The van der Waals surface area contributed by atoms with Gasteiger partial charge in [-0.3, -0.25) is 14.4 Å². The van der Waals surface area contributed by atoms with Crippen molar-refractivity contribution in [3.05, 3.63) is 0 Å². The molecule has 1 aliphatic carbocycles. The fraction of sp³-hybridized carbons (Fsp3) is 0.897. The van der Waals surface area contributed by atoms with Crippen LogP contribution in [0.3, 0.4) is 0 Å². The Morgan fingerprint density at radius 1 is 1.08 bits per heavy atom. The van der Waals surface area contributed by atoms with Crippen LogP contribution in [0.15, 0.2) is 0 Å². The van der Waals surface area contributed by atoms with Gasteiger partial charge in [0.25, 0.3) is 0 Å². The van der Waals surface area contributed by atoms with E-state index in [0.29, 0.717) is 18.8 Å². The van der Waals surface area contributed by atoms with Crippen LogP contribution in [-0.2, 0) is 19.1 Å². The topological polar surface area (TPSA) is 105 Å². The van der Waals surface area contributed by atoms with Crippen molar-refractivity contribution in [2.24, 2.45) is 17.6 Å². The number of hydrogen-bond acceptors (Lipinski definition) is 5. The second kappa shape index (κ2) is 17.8. The second-order valence-corrected chi connectivity index (χ2v) is 11.2. The van der Waals surface area contributed by atoms with Gasteiger partial charge in [-0.15, -0.1) is 0 Å². The first-order chi connectivity index (χ1) is 17.4. The highest BCUT2D eigenvalue weighted by Crippen LogP contribution is 2.32. The molecule has 4 atom stereocenters. The van der Waals surface area contributed by atoms with Gasteiger partial charge in [-0.25, -0.2) is 0 Å². The van der Waals surface area contributed by atoms with Crippen LogP contribution in [-0.4, -0.2) is 78.5 Å². The number of hydrogen-bond donors (Lipinski definition) is 2. The first kappa shape index (κ1) is 35.3. The average Bonchev–Trinajstić information content (AvgIpc) is 3.41. The van der Waals surface area contributed by atoms with Gasteiger partial charge in [-0.2, -0.15) is 0 Å². The Bertz CT molecular complexity index is 679. The lowest BCUT2D eigenvalue weighted by Crippen LogP contribution is -2.54. The van der Waals surface area contributed by atoms with Crippen molar-refractivity contribution in [1.29, 1.82) is 0 Å². The van der Waals surface area contributed by atoms with E-state index in [4.69, 9.17) is 10.5 Å². The normalized spacial score (nSPS) is 20.0. The zero-order valence-electron chi connectivity index (χ0n) is 25.6. The van der Waals surface area contributed by atoms with Crippen LogP contribution in [0.4, 0.5) is 0 Å². The van der Waals surface area contributed by atoms with Gasteiger partial charge in [0, 0.05) is 26.7 Å². The zero-order chi connectivity index (χ0) is 28.8. The predicted molar refractivity (Wildman–Crippen MR) is 152 cm³/mol. The van der Waals surface area contributed by atoms with E-state index in [2.05, 4.69) is 60.7 Å². The Labute approximate surface area is 227 Å². The highest BCUT2D eigenvalue weighted by Gasteiger charge is 2.46. The summed E-state index contributed by atoms with van der Waals surface area (Å²) >= 11 is 0. The van der Waals surface area contributed by atoms with Crippen LogP contribution in [0.25, 0.3) is 0 Å².